The zero-order chi connectivity index (χ0) is 13.1. The molecule has 1 atom stereocenters. The van der Waals surface area contributed by atoms with Crippen LogP contribution in [0.1, 0.15) is 19.8 Å². The highest BCUT2D eigenvalue weighted by Gasteiger charge is 2.51. The molecule has 1 fully saturated rings. The van der Waals surface area contributed by atoms with Crippen LogP contribution in [0, 0.1) is 0 Å². The number of ether oxygens (including phenoxy) is 1. The van der Waals surface area contributed by atoms with Gasteiger partial charge in [-0.15, -0.1) is 0 Å². The van der Waals surface area contributed by atoms with Crippen molar-refractivity contribution in [2.45, 2.75) is 38.2 Å². The zero-order valence-electron chi connectivity index (χ0n) is 9.47. The molecule has 3 nitrogen and oxygen atoms in total. The fraction of sp³-hybridized carbons (Fsp3) is 0.900. The van der Waals surface area contributed by atoms with Crippen LogP contribution >= 0.6 is 0 Å². The SMILES string of the molecule is CCN(CC1CCCO1)C(=O)C(F)(F)C(F)F. The Hall–Kier alpha value is -0.850. The van der Waals surface area contributed by atoms with Crippen LogP contribution in [0.15, 0.2) is 0 Å². The van der Waals surface area contributed by atoms with Crippen molar-refractivity contribution in [3.63, 3.8) is 0 Å². The molecule has 0 aromatic rings. The summed E-state index contributed by atoms with van der Waals surface area (Å²) in [4.78, 5) is 12.0. The Labute approximate surface area is 96.7 Å². The number of carbonyl (C=O) groups excluding carboxylic acids is 1. The van der Waals surface area contributed by atoms with Crippen molar-refractivity contribution < 1.29 is 27.1 Å². The molecule has 0 bridgehead atoms. The molecule has 1 aliphatic rings. The van der Waals surface area contributed by atoms with Gasteiger partial charge in [0.1, 0.15) is 0 Å². The van der Waals surface area contributed by atoms with Gasteiger partial charge in [-0.3, -0.25) is 4.79 Å². The van der Waals surface area contributed by atoms with Gasteiger partial charge in [0.05, 0.1) is 6.10 Å². The van der Waals surface area contributed by atoms with Crippen LogP contribution in [0.25, 0.3) is 0 Å². The first kappa shape index (κ1) is 14.2. The molecule has 1 rings (SSSR count). The van der Waals surface area contributed by atoms with Gasteiger partial charge >= 0.3 is 12.3 Å². The van der Waals surface area contributed by atoms with Gasteiger partial charge in [-0.2, -0.15) is 8.78 Å². The summed E-state index contributed by atoms with van der Waals surface area (Å²) in [6, 6.07) is 0. The standard InChI is InChI=1S/C10H15F4NO2/c1-2-15(6-7-4-3-5-17-7)9(16)10(13,14)8(11)12/h7-8H,2-6H2,1H3. The van der Waals surface area contributed by atoms with Crippen LogP contribution < -0.4 is 0 Å². The minimum atomic E-state index is -4.62. The lowest BCUT2D eigenvalue weighted by atomic mass is 10.2. The summed E-state index contributed by atoms with van der Waals surface area (Å²) in [6.45, 7) is 1.88. The first-order valence-electron chi connectivity index (χ1n) is 5.46. The molecule has 100 valence electrons. The minimum absolute atomic E-state index is 0.0407. The molecule has 1 amide bonds. The van der Waals surface area contributed by atoms with Gasteiger partial charge in [-0.05, 0) is 19.8 Å². The summed E-state index contributed by atoms with van der Waals surface area (Å²) < 4.78 is 55.0. The quantitative estimate of drug-likeness (QED) is 0.704. The van der Waals surface area contributed by atoms with E-state index >= 15 is 0 Å². The highest BCUT2D eigenvalue weighted by Crippen LogP contribution is 2.26. The maximum atomic E-state index is 12.9. The first-order chi connectivity index (χ1) is 7.89. The average Bonchev–Trinajstić information content (AvgIpc) is 2.77. The van der Waals surface area contributed by atoms with E-state index < -0.39 is 18.3 Å². The molecule has 0 aromatic heterocycles. The van der Waals surface area contributed by atoms with E-state index in [1.165, 1.54) is 6.92 Å². The van der Waals surface area contributed by atoms with Gasteiger partial charge in [0.25, 0.3) is 5.91 Å². The molecule has 0 radical (unpaired) electrons. The van der Waals surface area contributed by atoms with Gasteiger partial charge in [0, 0.05) is 19.7 Å². The Morgan fingerprint density at radius 1 is 1.53 bits per heavy atom. The van der Waals surface area contributed by atoms with Gasteiger partial charge in [0.2, 0.25) is 0 Å². The number of likely N-dealkylation sites (N-methyl/N-ethyl adjacent to an activating group) is 1. The summed E-state index contributed by atoms with van der Waals surface area (Å²) in [7, 11) is 0. The van der Waals surface area contributed by atoms with Crippen LogP contribution in [0.4, 0.5) is 17.6 Å². The number of halogens is 4. The topological polar surface area (TPSA) is 29.5 Å². The Morgan fingerprint density at radius 3 is 2.59 bits per heavy atom. The zero-order valence-corrected chi connectivity index (χ0v) is 9.47. The van der Waals surface area contributed by atoms with E-state index in [9.17, 15) is 22.4 Å². The third-order valence-corrected chi connectivity index (χ3v) is 2.68. The Kier molecular flexibility index (Phi) is 4.73. The van der Waals surface area contributed by atoms with Crippen molar-refractivity contribution in [3.05, 3.63) is 0 Å². The van der Waals surface area contributed by atoms with Crippen LogP contribution in [0.3, 0.4) is 0 Å². The van der Waals surface area contributed by atoms with Crippen LogP contribution in [-0.4, -0.2) is 49.0 Å². The molecule has 1 saturated heterocycles. The third-order valence-electron chi connectivity index (χ3n) is 2.68. The molecule has 0 spiro atoms. The van der Waals surface area contributed by atoms with Crippen molar-refractivity contribution in [1.29, 1.82) is 0 Å². The van der Waals surface area contributed by atoms with E-state index in [4.69, 9.17) is 4.74 Å². The number of hydrogen-bond donors (Lipinski definition) is 0. The Morgan fingerprint density at radius 2 is 2.18 bits per heavy atom. The van der Waals surface area contributed by atoms with E-state index in [0.29, 0.717) is 13.0 Å². The summed E-state index contributed by atoms with van der Waals surface area (Å²) in [5, 5.41) is 0. The number of rotatable bonds is 5. The highest BCUT2D eigenvalue weighted by molar-refractivity contribution is 5.84. The molecular weight excluding hydrogens is 242 g/mol. The third kappa shape index (κ3) is 3.31. The molecule has 17 heavy (non-hydrogen) atoms. The largest absolute Gasteiger partial charge is 0.383 e. The monoisotopic (exact) mass is 257 g/mol. The molecular formula is C10H15F4NO2. The lowest BCUT2D eigenvalue weighted by Crippen LogP contribution is -2.49. The van der Waals surface area contributed by atoms with Crippen molar-refractivity contribution in [2.24, 2.45) is 0 Å². The summed E-state index contributed by atoms with van der Waals surface area (Å²) in [5.74, 6) is -6.44. The van der Waals surface area contributed by atoms with Gasteiger partial charge < -0.3 is 9.64 Å². The van der Waals surface area contributed by atoms with Crippen LogP contribution in [-0.2, 0) is 9.53 Å². The van der Waals surface area contributed by atoms with Crippen LogP contribution in [0.5, 0.6) is 0 Å². The van der Waals surface area contributed by atoms with Gasteiger partial charge in [-0.25, -0.2) is 8.78 Å². The maximum Gasteiger partial charge on any atom is 0.383 e. The molecule has 7 heteroatoms. The molecule has 1 heterocycles. The van der Waals surface area contributed by atoms with Gasteiger partial charge in [0.15, 0.2) is 0 Å². The van der Waals surface area contributed by atoms with E-state index in [0.717, 1.165) is 11.3 Å². The van der Waals surface area contributed by atoms with Crippen molar-refractivity contribution in [3.8, 4) is 0 Å². The number of hydrogen-bond acceptors (Lipinski definition) is 2. The first-order valence-corrected chi connectivity index (χ1v) is 5.46. The summed E-state index contributed by atoms with van der Waals surface area (Å²) >= 11 is 0. The Balaban J connectivity index is 2.62. The molecule has 0 saturated carbocycles. The fourth-order valence-electron chi connectivity index (χ4n) is 1.69. The van der Waals surface area contributed by atoms with Crippen LogP contribution in [0.2, 0.25) is 0 Å². The normalized spacial score (nSPS) is 20.9. The number of amides is 1. The predicted molar refractivity (Wildman–Crippen MR) is 52.2 cm³/mol. The molecule has 0 aromatic carbocycles. The van der Waals surface area contributed by atoms with Gasteiger partial charge in [-0.1, -0.05) is 0 Å². The lowest BCUT2D eigenvalue weighted by molar-refractivity contribution is -0.181. The molecule has 0 aliphatic carbocycles. The second-order valence-electron chi connectivity index (χ2n) is 3.90. The van der Waals surface area contributed by atoms with Crippen molar-refractivity contribution in [2.75, 3.05) is 19.7 Å². The Bertz CT molecular complexity index is 267. The van der Waals surface area contributed by atoms with Crippen molar-refractivity contribution in [1.82, 2.24) is 4.90 Å². The van der Waals surface area contributed by atoms with E-state index in [1.54, 1.807) is 0 Å². The minimum Gasteiger partial charge on any atom is -0.376 e. The molecule has 0 N–H and O–H groups in total. The second-order valence-corrected chi connectivity index (χ2v) is 3.90. The summed E-state index contributed by atoms with van der Waals surface area (Å²) in [5.41, 5.74) is 0. The van der Waals surface area contributed by atoms with Crippen molar-refractivity contribution >= 4 is 5.91 Å². The summed E-state index contributed by atoms with van der Waals surface area (Å²) in [6.07, 6.45) is -2.85. The average molecular weight is 257 g/mol. The van der Waals surface area contributed by atoms with E-state index in [2.05, 4.69) is 0 Å². The fourth-order valence-corrected chi connectivity index (χ4v) is 1.69. The van der Waals surface area contributed by atoms with E-state index in [1.807, 2.05) is 0 Å². The molecule has 1 unspecified atom stereocenters. The lowest BCUT2D eigenvalue weighted by Gasteiger charge is -2.27. The molecule has 1 aliphatic heterocycles. The highest BCUT2D eigenvalue weighted by atomic mass is 19.3. The van der Waals surface area contributed by atoms with E-state index in [-0.39, 0.29) is 19.2 Å². The number of carbonyl (C=O) groups is 1. The number of nitrogens with zero attached hydrogens (tertiary/aromatic N) is 1. The maximum absolute atomic E-state index is 12.9. The smallest absolute Gasteiger partial charge is 0.376 e. The number of alkyl halides is 4. The predicted octanol–water partition coefficient (Wildman–Crippen LogP) is 1.91. The second kappa shape index (κ2) is 5.66.